The van der Waals surface area contributed by atoms with Crippen molar-refractivity contribution in [3.05, 3.63) is 69.8 Å². The monoisotopic (exact) mass is 418 g/mol. The maximum atomic E-state index is 12.4. The molecule has 0 spiro atoms. The molecule has 1 aromatic carbocycles. The zero-order valence-electron chi connectivity index (χ0n) is 13.3. The van der Waals surface area contributed by atoms with Gasteiger partial charge in [0, 0.05) is 41.1 Å². The Morgan fingerprint density at radius 2 is 2.08 bits per heavy atom. The summed E-state index contributed by atoms with van der Waals surface area (Å²) in [6, 6.07) is 10.6. The van der Waals surface area contributed by atoms with Crippen molar-refractivity contribution in [3.8, 4) is 0 Å². The molecule has 1 amide bonds. The fraction of sp³-hybridized carbons (Fsp3) is 0.118. The van der Waals surface area contributed by atoms with E-state index >= 15 is 0 Å². The lowest BCUT2D eigenvalue weighted by atomic mass is 10.3. The van der Waals surface area contributed by atoms with Crippen LogP contribution in [0.1, 0.15) is 0 Å². The molecule has 8 heteroatoms. The Kier molecular flexibility index (Phi) is 5.40. The van der Waals surface area contributed by atoms with Crippen LogP contribution >= 0.6 is 27.7 Å². The van der Waals surface area contributed by atoms with Crippen LogP contribution in [0.4, 0.5) is 5.69 Å². The molecule has 2 heterocycles. The molecule has 0 radical (unpaired) electrons. The highest BCUT2D eigenvalue weighted by atomic mass is 79.9. The summed E-state index contributed by atoms with van der Waals surface area (Å²) in [6.07, 6.45) is 5.18. The van der Waals surface area contributed by atoms with Gasteiger partial charge in [0.15, 0.2) is 5.16 Å². The van der Waals surface area contributed by atoms with Crippen molar-refractivity contribution in [1.29, 1.82) is 0 Å². The minimum atomic E-state index is -0.270. The number of benzene rings is 1. The Balaban J connectivity index is 1.76. The first-order valence-corrected chi connectivity index (χ1v) is 9.04. The third-order valence-electron chi connectivity index (χ3n) is 3.40. The van der Waals surface area contributed by atoms with Gasteiger partial charge in [0.1, 0.15) is 6.54 Å². The number of aromatic nitrogens is 3. The zero-order chi connectivity index (χ0) is 17.8. The average Bonchev–Trinajstić information content (AvgIpc) is 2.98. The second kappa shape index (κ2) is 7.71. The summed E-state index contributed by atoms with van der Waals surface area (Å²) < 4.78 is 4.00. The van der Waals surface area contributed by atoms with Gasteiger partial charge in [-0.1, -0.05) is 12.1 Å². The molecule has 0 atom stereocenters. The third-order valence-corrected chi connectivity index (χ3v) is 5.02. The second-order valence-corrected chi connectivity index (χ2v) is 7.21. The largest absolute Gasteiger partial charge is 0.329 e. The molecule has 0 aliphatic heterocycles. The van der Waals surface area contributed by atoms with Crippen molar-refractivity contribution in [2.75, 3.05) is 5.32 Å². The number of rotatable bonds is 5. The number of nitrogens with one attached hydrogen (secondary N) is 1. The predicted octanol–water partition coefficient (Wildman–Crippen LogP) is 3.13. The number of hydrogen-bond acceptors (Lipinski definition) is 4. The summed E-state index contributed by atoms with van der Waals surface area (Å²) in [5.41, 5.74) is 0.456. The van der Waals surface area contributed by atoms with Gasteiger partial charge in [-0.3, -0.25) is 9.59 Å². The molecule has 3 rings (SSSR count). The first-order valence-electron chi connectivity index (χ1n) is 7.43. The van der Waals surface area contributed by atoms with E-state index in [1.54, 1.807) is 18.5 Å². The molecule has 0 bridgehead atoms. The molecule has 0 unspecified atom stereocenters. The molecule has 0 aliphatic rings. The van der Waals surface area contributed by atoms with E-state index < -0.39 is 0 Å². The van der Waals surface area contributed by atoms with Crippen molar-refractivity contribution >= 4 is 39.3 Å². The SMILES string of the molecule is Cn1ccnc1Sc1ccccc1NC(=O)Cn1cc(Br)ccc1=O. The molecule has 0 saturated carbocycles. The van der Waals surface area contributed by atoms with Gasteiger partial charge in [0.05, 0.1) is 5.69 Å². The third kappa shape index (κ3) is 4.40. The zero-order valence-corrected chi connectivity index (χ0v) is 15.8. The molecule has 6 nitrogen and oxygen atoms in total. The predicted molar refractivity (Wildman–Crippen MR) is 101 cm³/mol. The van der Waals surface area contributed by atoms with Crippen LogP contribution in [0.25, 0.3) is 0 Å². The van der Waals surface area contributed by atoms with Crippen LogP contribution in [0.15, 0.2) is 74.3 Å². The van der Waals surface area contributed by atoms with E-state index in [4.69, 9.17) is 0 Å². The lowest BCUT2D eigenvalue weighted by molar-refractivity contribution is -0.116. The molecule has 0 fully saturated rings. The minimum absolute atomic E-state index is 0.0559. The quantitative estimate of drug-likeness (QED) is 0.690. The first kappa shape index (κ1) is 17.5. The van der Waals surface area contributed by atoms with Crippen molar-refractivity contribution in [2.45, 2.75) is 16.6 Å². The molecule has 0 saturated heterocycles. The first-order chi connectivity index (χ1) is 12.0. The highest BCUT2D eigenvalue weighted by molar-refractivity contribution is 9.10. The summed E-state index contributed by atoms with van der Waals surface area (Å²) in [6.45, 7) is -0.0559. The van der Waals surface area contributed by atoms with Crippen molar-refractivity contribution < 1.29 is 4.79 Å². The fourth-order valence-corrected chi connectivity index (χ4v) is 3.45. The van der Waals surface area contributed by atoms with Gasteiger partial charge in [-0.05, 0) is 45.9 Å². The molecule has 25 heavy (non-hydrogen) atoms. The molecular formula is C17H15BrN4O2S. The van der Waals surface area contributed by atoms with E-state index in [1.165, 1.54) is 22.4 Å². The van der Waals surface area contributed by atoms with E-state index in [0.29, 0.717) is 5.69 Å². The number of halogens is 1. The van der Waals surface area contributed by atoms with Crippen LogP contribution in [0, 0.1) is 0 Å². The Bertz CT molecular complexity index is 967. The maximum Gasteiger partial charge on any atom is 0.251 e. The molecule has 2 aromatic heterocycles. The molecule has 1 N–H and O–H groups in total. The van der Waals surface area contributed by atoms with E-state index in [0.717, 1.165) is 14.5 Å². The summed E-state index contributed by atoms with van der Waals surface area (Å²) >= 11 is 4.76. The maximum absolute atomic E-state index is 12.4. The summed E-state index contributed by atoms with van der Waals surface area (Å²) in [7, 11) is 1.91. The Morgan fingerprint density at radius 1 is 1.28 bits per heavy atom. The fourth-order valence-electron chi connectivity index (χ4n) is 2.18. The van der Waals surface area contributed by atoms with Crippen molar-refractivity contribution in [1.82, 2.24) is 14.1 Å². The van der Waals surface area contributed by atoms with Crippen molar-refractivity contribution in [2.24, 2.45) is 7.05 Å². The number of nitrogens with zero attached hydrogens (tertiary/aromatic N) is 3. The van der Waals surface area contributed by atoms with Gasteiger partial charge in [-0.2, -0.15) is 0 Å². The van der Waals surface area contributed by atoms with Crippen molar-refractivity contribution in [3.63, 3.8) is 0 Å². The molecule has 3 aromatic rings. The van der Waals surface area contributed by atoms with E-state index in [9.17, 15) is 9.59 Å². The van der Waals surface area contributed by atoms with Gasteiger partial charge in [-0.25, -0.2) is 4.98 Å². The number of para-hydroxylation sites is 1. The molecule has 0 aliphatic carbocycles. The van der Waals surface area contributed by atoms with E-state index in [2.05, 4.69) is 26.2 Å². The van der Waals surface area contributed by atoms with E-state index in [1.807, 2.05) is 42.1 Å². The topological polar surface area (TPSA) is 68.9 Å². The number of imidazole rings is 1. The highest BCUT2D eigenvalue weighted by Crippen LogP contribution is 2.32. The van der Waals surface area contributed by atoms with Crippen LogP contribution < -0.4 is 10.9 Å². The number of aryl methyl sites for hydroxylation is 1. The summed E-state index contributed by atoms with van der Waals surface area (Å²) in [4.78, 5) is 29.3. The van der Waals surface area contributed by atoms with Gasteiger partial charge >= 0.3 is 0 Å². The average molecular weight is 419 g/mol. The Morgan fingerprint density at radius 3 is 2.84 bits per heavy atom. The Labute approximate surface area is 157 Å². The second-order valence-electron chi connectivity index (χ2n) is 5.28. The van der Waals surface area contributed by atoms with E-state index in [-0.39, 0.29) is 18.0 Å². The van der Waals surface area contributed by atoms with Crippen LogP contribution in [-0.4, -0.2) is 20.0 Å². The lowest BCUT2D eigenvalue weighted by Gasteiger charge is -2.11. The van der Waals surface area contributed by atoms with Crippen LogP contribution in [-0.2, 0) is 18.4 Å². The number of amides is 1. The summed E-state index contributed by atoms with van der Waals surface area (Å²) in [5.74, 6) is -0.270. The minimum Gasteiger partial charge on any atom is -0.329 e. The smallest absolute Gasteiger partial charge is 0.251 e. The standard InChI is InChI=1S/C17H15BrN4O2S/c1-21-9-8-19-17(21)25-14-5-3-2-4-13(14)20-15(23)11-22-10-12(18)6-7-16(22)24/h2-10H,11H2,1H3,(H,20,23). The number of carbonyl (C=O) groups excluding carboxylic acids is 1. The van der Waals surface area contributed by atoms with Gasteiger partial charge < -0.3 is 14.5 Å². The normalized spacial score (nSPS) is 10.6. The van der Waals surface area contributed by atoms with Gasteiger partial charge in [-0.15, -0.1) is 0 Å². The van der Waals surface area contributed by atoms with Crippen LogP contribution in [0.5, 0.6) is 0 Å². The summed E-state index contributed by atoms with van der Waals surface area (Å²) in [5, 5.41) is 3.69. The van der Waals surface area contributed by atoms with Gasteiger partial charge in [0.25, 0.3) is 5.56 Å². The number of anilines is 1. The number of pyridine rings is 1. The van der Waals surface area contributed by atoms with Gasteiger partial charge in [0.2, 0.25) is 5.91 Å². The molecular weight excluding hydrogens is 404 g/mol. The molecule has 128 valence electrons. The number of hydrogen-bond donors (Lipinski definition) is 1. The van der Waals surface area contributed by atoms with Crippen LogP contribution in [0.3, 0.4) is 0 Å². The highest BCUT2D eigenvalue weighted by Gasteiger charge is 2.11. The van der Waals surface area contributed by atoms with Crippen LogP contribution in [0.2, 0.25) is 0 Å². The number of carbonyl (C=O) groups is 1. The lowest BCUT2D eigenvalue weighted by Crippen LogP contribution is -2.26. The Hall–Kier alpha value is -2.32.